The topological polar surface area (TPSA) is 63.6 Å². The maximum absolute atomic E-state index is 11.8. The Balaban J connectivity index is 2.23. The minimum atomic E-state index is -0.837. The molecule has 1 heterocycles. The molecule has 4 heteroatoms. The Labute approximate surface area is 143 Å². The summed E-state index contributed by atoms with van der Waals surface area (Å²) >= 11 is 0. The quantitative estimate of drug-likeness (QED) is 0.441. The highest BCUT2D eigenvalue weighted by molar-refractivity contribution is 5.91. The van der Waals surface area contributed by atoms with Crippen molar-refractivity contribution in [3.63, 3.8) is 0 Å². The van der Waals surface area contributed by atoms with Crippen LogP contribution in [-0.2, 0) is 14.3 Å². The molecule has 0 unspecified atom stereocenters. The van der Waals surface area contributed by atoms with E-state index in [2.05, 4.69) is 12.7 Å². The lowest BCUT2D eigenvalue weighted by Crippen LogP contribution is -2.15. The number of rotatable bonds is 1. The van der Waals surface area contributed by atoms with Crippen molar-refractivity contribution in [3.05, 3.63) is 47.1 Å². The van der Waals surface area contributed by atoms with E-state index in [1.54, 1.807) is 0 Å². The number of hydrogen-bond donors (Lipinski definition) is 1. The molecule has 0 amide bonds. The van der Waals surface area contributed by atoms with Gasteiger partial charge in [0.25, 0.3) is 0 Å². The molecule has 4 nitrogen and oxygen atoms in total. The van der Waals surface area contributed by atoms with E-state index in [1.165, 1.54) is 5.57 Å². The Hall–Kier alpha value is -2.10. The molecule has 1 N–H and O–H groups in total. The lowest BCUT2D eigenvalue weighted by molar-refractivity contribution is -0.137. The van der Waals surface area contributed by atoms with E-state index < -0.39 is 5.97 Å². The minimum Gasteiger partial charge on any atom is -0.478 e. The van der Waals surface area contributed by atoms with Crippen LogP contribution in [0.1, 0.15) is 52.4 Å². The first kappa shape index (κ1) is 18.2. The van der Waals surface area contributed by atoms with Crippen LogP contribution in [0.5, 0.6) is 0 Å². The van der Waals surface area contributed by atoms with Crippen LogP contribution in [0.2, 0.25) is 0 Å². The molecule has 1 saturated heterocycles. The normalized spacial score (nSPS) is 33.0. The third-order valence-electron chi connectivity index (χ3n) is 4.76. The fourth-order valence-corrected chi connectivity index (χ4v) is 3.21. The number of allylic oxidation sites excluding steroid dienone is 4. The van der Waals surface area contributed by atoms with E-state index >= 15 is 0 Å². The van der Waals surface area contributed by atoms with Gasteiger partial charge < -0.3 is 9.84 Å². The zero-order chi connectivity index (χ0) is 17.7. The summed E-state index contributed by atoms with van der Waals surface area (Å²) in [5, 5.41) is 9.29. The SMILES string of the molecule is C=C1C(=O)O[C@@H]2/C=C(\C)CC/C=C(\C(=O)O)CC/C=C(\C)CC[C@H]12. The summed E-state index contributed by atoms with van der Waals surface area (Å²) in [5.41, 5.74) is 3.36. The number of carbonyl (C=O) groups is 2. The van der Waals surface area contributed by atoms with Gasteiger partial charge in [-0.2, -0.15) is 0 Å². The van der Waals surface area contributed by atoms with E-state index in [-0.39, 0.29) is 18.0 Å². The molecule has 0 aromatic heterocycles. The van der Waals surface area contributed by atoms with Gasteiger partial charge in [0.1, 0.15) is 6.10 Å². The van der Waals surface area contributed by atoms with E-state index in [0.717, 1.165) is 31.3 Å². The number of ether oxygens (including phenoxy) is 1. The molecular weight excluding hydrogens is 304 g/mol. The van der Waals surface area contributed by atoms with E-state index in [4.69, 9.17) is 4.74 Å². The zero-order valence-electron chi connectivity index (χ0n) is 14.5. The fraction of sp³-hybridized carbons (Fsp3) is 0.500. The van der Waals surface area contributed by atoms with Crippen LogP contribution in [-0.4, -0.2) is 23.1 Å². The number of carboxylic acids is 1. The maximum Gasteiger partial charge on any atom is 0.334 e. The lowest BCUT2D eigenvalue weighted by atomic mass is 9.89. The standard InChI is InChI=1S/C20H26O4/c1-13-6-4-8-16(19(21)22)9-5-7-14(2)12-18-17(11-10-13)15(3)20(23)24-18/h6,9,12,17-18H,3-5,7-8,10-11H2,1-2H3,(H,21,22)/b13-6+,14-12+,16-9-/t17-,18-/m1/s1. The second kappa shape index (κ2) is 8.13. The summed E-state index contributed by atoms with van der Waals surface area (Å²) < 4.78 is 5.46. The van der Waals surface area contributed by atoms with Crippen molar-refractivity contribution in [2.24, 2.45) is 5.92 Å². The van der Waals surface area contributed by atoms with Gasteiger partial charge in [0.15, 0.2) is 0 Å². The number of hydrogen-bond acceptors (Lipinski definition) is 3. The van der Waals surface area contributed by atoms with E-state index in [0.29, 0.717) is 24.0 Å². The van der Waals surface area contributed by atoms with Crippen LogP contribution in [0.25, 0.3) is 0 Å². The van der Waals surface area contributed by atoms with Crippen molar-refractivity contribution in [1.82, 2.24) is 0 Å². The van der Waals surface area contributed by atoms with Crippen LogP contribution in [0.3, 0.4) is 0 Å². The largest absolute Gasteiger partial charge is 0.478 e. The summed E-state index contributed by atoms with van der Waals surface area (Å²) in [6, 6.07) is 0. The van der Waals surface area contributed by atoms with Gasteiger partial charge in [-0.15, -0.1) is 0 Å². The first-order chi connectivity index (χ1) is 11.4. The monoisotopic (exact) mass is 330 g/mol. The highest BCUT2D eigenvalue weighted by Crippen LogP contribution is 2.33. The highest BCUT2D eigenvalue weighted by atomic mass is 16.5. The molecule has 2 atom stereocenters. The third-order valence-corrected chi connectivity index (χ3v) is 4.76. The Kier molecular flexibility index (Phi) is 6.18. The van der Waals surface area contributed by atoms with E-state index in [1.807, 2.05) is 26.0 Å². The Morgan fingerprint density at radius 2 is 1.88 bits per heavy atom. The van der Waals surface area contributed by atoms with Crippen LogP contribution in [0.15, 0.2) is 47.1 Å². The molecule has 0 radical (unpaired) electrons. The van der Waals surface area contributed by atoms with Gasteiger partial charge in [0.05, 0.1) is 0 Å². The fourth-order valence-electron chi connectivity index (χ4n) is 3.21. The summed E-state index contributed by atoms with van der Waals surface area (Å²) in [5.74, 6) is -1.10. The van der Waals surface area contributed by atoms with Gasteiger partial charge in [0, 0.05) is 17.1 Å². The molecule has 0 aromatic carbocycles. The van der Waals surface area contributed by atoms with Crippen molar-refractivity contribution >= 4 is 11.9 Å². The summed E-state index contributed by atoms with van der Waals surface area (Å²) in [6.07, 6.45) is 10.1. The van der Waals surface area contributed by atoms with Gasteiger partial charge >= 0.3 is 11.9 Å². The van der Waals surface area contributed by atoms with Gasteiger partial charge in [-0.1, -0.05) is 29.9 Å². The molecule has 0 saturated carbocycles. The molecule has 24 heavy (non-hydrogen) atoms. The average Bonchev–Trinajstić information content (AvgIpc) is 2.77. The smallest absolute Gasteiger partial charge is 0.334 e. The molecule has 0 bridgehead atoms. The second-order valence-electron chi connectivity index (χ2n) is 6.72. The van der Waals surface area contributed by atoms with Crippen molar-refractivity contribution in [2.45, 2.75) is 58.5 Å². The number of carboxylic acid groups (broad SMARTS) is 1. The summed E-state index contributed by atoms with van der Waals surface area (Å²) in [6.45, 7) is 7.95. The van der Waals surface area contributed by atoms with Gasteiger partial charge in [0.2, 0.25) is 0 Å². The molecular formula is C20H26O4. The molecule has 2 aliphatic rings. The minimum absolute atomic E-state index is 0.0314. The third kappa shape index (κ3) is 4.70. The maximum atomic E-state index is 11.8. The predicted molar refractivity (Wildman–Crippen MR) is 93.4 cm³/mol. The van der Waals surface area contributed by atoms with Crippen molar-refractivity contribution in [2.75, 3.05) is 0 Å². The van der Waals surface area contributed by atoms with Gasteiger partial charge in [-0.25, -0.2) is 9.59 Å². The Morgan fingerprint density at radius 1 is 1.17 bits per heavy atom. The molecule has 0 aromatic rings. The number of esters is 1. The van der Waals surface area contributed by atoms with Gasteiger partial charge in [-0.3, -0.25) is 0 Å². The van der Waals surface area contributed by atoms with Crippen LogP contribution in [0, 0.1) is 5.92 Å². The molecule has 1 aliphatic carbocycles. The molecule has 2 rings (SSSR count). The van der Waals surface area contributed by atoms with Gasteiger partial charge in [-0.05, 0) is 58.4 Å². The Morgan fingerprint density at radius 3 is 2.58 bits per heavy atom. The summed E-state index contributed by atoms with van der Waals surface area (Å²) in [4.78, 5) is 23.2. The van der Waals surface area contributed by atoms with E-state index in [9.17, 15) is 14.7 Å². The highest BCUT2D eigenvalue weighted by Gasteiger charge is 2.36. The van der Waals surface area contributed by atoms with Crippen molar-refractivity contribution < 1.29 is 19.4 Å². The zero-order valence-corrected chi connectivity index (χ0v) is 14.5. The number of aliphatic carboxylic acids is 1. The van der Waals surface area contributed by atoms with Crippen LogP contribution in [0.4, 0.5) is 0 Å². The predicted octanol–water partition coefficient (Wildman–Crippen LogP) is 4.34. The molecule has 1 aliphatic heterocycles. The average molecular weight is 330 g/mol. The summed E-state index contributed by atoms with van der Waals surface area (Å²) in [7, 11) is 0. The van der Waals surface area contributed by atoms with Crippen LogP contribution < -0.4 is 0 Å². The van der Waals surface area contributed by atoms with Crippen LogP contribution >= 0.6 is 0 Å². The Bertz CT molecular complexity index is 622. The molecule has 1 fully saturated rings. The second-order valence-corrected chi connectivity index (χ2v) is 6.72. The molecule has 0 spiro atoms. The number of fused-ring (bicyclic) bond motifs is 1. The van der Waals surface area contributed by atoms with Crippen molar-refractivity contribution in [3.8, 4) is 0 Å². The first-order valence-electron chi connectivity index (χ1n) is 8.53. The van der Waals surface area contributed by atoms with Crippen molar-refractivity contribution in [1.29, 1.82) is 0 Å². The number of carbonyl (C=O) groups excluding carboxylic acids is 1. The molecule has 130 valence electrons. The first-order valence-corrected chi connectivity index (χ1v) is 8.53. The lowest BCUT2D eigenvalue weighted by Gasteiger charge is -2.16.